The molecular weight excluding hydrogens is 478 g/mol. The molecule has 1 atom stereocenters. The molecule has 2 aromatic rings. The number of benzene rings is 2. The Morgan fingerprint density at radius 3 is 2.36 bits per heavy atom. The van der Waals surface area contributed by atoms with E-state index in [2.05, 4.69) is 5.32 Å². The average molecular weight is 518 g/mol. The Hall–Kier alpha value is -3.07. The van der Waals surface area contributed by atoms with Crippen molar-refractivity contribution < 1.29 is 22.7 Å². The number of carbonyl (C=O) groups excluding carboxylic acids is 2. The number of methoxy groups -OCH3 is 1. The van der Waals surface area contributed by atoms with E-state index in [1.165, 1.54) is 12.0 Å². The summed E-state index contributed by atoms with van der Waals surface area (Å²) < 4.78 is 32.1. The number of nitrogens with one attached hydrogen (secondary N) is 1. The van der Waals surface area contributed by atoms with E-state index < -0.39 is 28.5 Å². The fourth-order valence-corrected chi connectivity index (χ4v) is 4.84. The molecule has 1 N–H and O–H groups in total. The number of aryl methyl sites for hydroxylation is 1. The zero-order valence-electron chi connectivity index (χ0n) is 22.0. The van der Waals surface area contributed by atoms with Crippen LogP contribution < -0.4 is 14.4 Å². The summed E-state index contributed by atoms with van der Waals surface area (Å²) in [4.78, 5) is 28.3. The highest BCUT2D eigenvalue weighted by Gasteiger charge is 2.32. The number of ether oxygens (including phenoxy) is 1. The first-order valence-corrected chi connectivity index (χ1v) is 14.2. The van der Waals surface area contributed by atoms with Crippen LogP contribution in [0.2, 0.25) is 0 Å². The molecule has 36 heavy (non-hydrogen) atoms. The first-order valence-electron chi connectivity index (χ1n) is 12.4. The second-order valence-corrected chi connectivity index (χ2v) is 10.7. The number of nitrogens with zero attached hydrogens (tertiary/aromatic N) is 2. The Kier molecular flexibility index (Phi) is 11.2. The highest BCUT2D eigenvalue weighted by molar-refractivity contribution is 7.92. The van der Waals surface area contributed by atoms with E-state index in [0.29, 0.717) is 25.1 Å². The minimum atomic E-state index is -3.83. The second kappa shape index (κ2) is 13.9. The molecular formula is C27H39N3O5S. The molecule has 2 aromatic carbocycles. The summed E-state index contributed by atoms with van der Waals surface area (Å²) in [7, 11) is -2.37. The van der Waals surface area contributed by atoms with Crippen LogP contribution in [0, 0.1) is 6.92 Å². The van der Waals surface area contributed by atoms with Crippen molar-refractivity contribution in [1.29, 1.82) is 0 Å². The van der Waals surface area contributed by atoms with Gasteiger partial charge in [-0.05, 0) is 49.4 Å². The molecule has 0 spiro atoms. The number of hydrogen-bond acceptors (Lipinski definition) is 5. The third kappa shape index (κ3) is 8.26. The van der Waals surface area contributed by atoms with Crippen LogP contribution >= 0.6 is 0 Å². The molecule has 0 aromatic heterocycles. The van der Waals surface area contributed by atoms with Crippen LogP contribution in [0.3, 0.4) is 0 Å². The number of amides is 2. The minimum absolute atomic E-state index is 0.230. The van der Waals surface area contributed by atoms with Gasteiger partial charge in [0, 0.05) is 13.1 Å². The molecule has 0 aliphatic rings. The molecule has 0 bridgehead atoms. The Morgan fingerprint density at radius 2 is 1.78 bits per heavy atom. The summed E-state index contributed by atoms with van der Waals surface area (Å²) in [6.07, 6.45) is 3.79. The van der Waals surface area contributed by atoms with Crippen LogP contribution in [0.4, 0.5) is 5.69 Å². The Bertz CT molecular complexity index is 1110. The van der Waals surface area contributed by atoms with E-state index >= 15 is 0 Å². The topological polar surface area (TPSA) is 96.0 Å². The third-order valence-corrected chi connectivity index (χ3v) is 7.11. The van der Waals surface area contributed by atoms with Crippen molar-refractivity contribution in [2.75, 3.05) is 37.3 Å². The van der Waals surface area contributed by atoms with Crippen LogP contribution in [0.25, 0.3) is 0 Å². The van der Waals surface area contributed by atoms with Gasteiger partial charge in [0.15, 0.2) is 0 Å². The van der Waals surface area contributed by atoms with Gasteiger partial charge in [0.05, 0.1) is 19.1 Å². The van der Waals surface area contributed by atoms with Crippen molar-refractivity contribution in [3.05, 3.63) is 59.7 Å². The smallest absolute Gasteiger partial charge is 0.244 e. The van der Waals surface area contributed by atoms with E-state index in [-0.39, 0.29) is 18.1 Å². The molecule has 2 amide bonds. The van der Waals surface area contributed by atoms with Gasteiger partial charge in [-0.3, -0.25) is 13.9 Å². The van der Waals surface area contributed by atoms with Gasteiger partial charge in [0.1, 0.15) is 18.3 Å². The molecule has 2 rings (SSSR count). The average Bonchev–Trinajstić information content (AvgIpc) is 2.84. The summed E-state index contributed by atoms with van der Waals surface area (Å²) in [6.45, 7) is 6.11. The summed E-state index contributed by atoms with van der Waals surface area (Å²) >= 11 is 0. The largest absolute Gasteiger partial charge is 0.495 e. The first-order chi connectivity index (χ1) is 17.1. The maximum atomic E-state index is 13.7. The standard InChI is InChI=1S/C27H39N3O5S/c1-6-8-17-28-27(32)23(7-2)29(18-16-22-12-10-9-11-13-22)26(31)20-30(36(5,33)34)24-19-21(3)14-15-25(24)35-4/h9-15,19,23H,6-8,16-18,20H2,1-5H3,(H,28,32). The van der Waals surface area contributed by atoms with Gasteiger partial charge in [-0.15, -0.1) is 0 Å². The van der Waals surface area contributed by atoms with Crippen LogP contribution in [-0.2, 0) is 26.0 Å². The normalized spacial score (nSPS) is 12.0. The lowest BCUT2D eigenvalue weighted by molar-refractivity contribution is -0.139. The Morgan fingerprint density at radius 1 is 1.08 bits per heavy atom. The number of unbranched alkanes of at least 4 members (excludes halogenated alkanes) is 1. The number of rotatable bonds is 14. The molecule has 1 unspecified atom stereocenters. The van der Waals surface area contributed by atoms with Crippen LogP contribution in [0.1, 0.15) is 44.2 Å². The molecule has 0 heterocycles. The number of anilines is 1. The monoisotopic (exact) mass is 517 g/mol. The van der Waals surface area contributed by atoms with Gasteiger partial charge in [0.25, 0.3) is 0 Å². The number of carbonyl (C=O) groups is 2. The zero-order valence-corrected chi connectivity index (χ0v) is 22.8. The maximum Gasteiger partial charge on any atom is 0.244 e. The van der Waals surface area contributed by atoms with Crippen LogP contribution in [0.15, 0.2) is 48.5 Å². The lowest BCUT2D eigenvalue weighted by Crippen LogP contribution is -2.53. The first kappa shape index (κ1) is 29.2. The summed E-state index contributed by atoms with van der Waals surface area (Å²) in [6, 6.07) is 14.1. The van der Waals surface area contributed by atoms with Crippen molar-refractivity contribution in [3.8, 4) is 5.75 Å². The molecule has 8 nitrogen and oxygen atoms in total. The predicted octanol–water partition coefficient (Wildman–Crippen LogP) is 3.54. The third-order valence-electron chi connectivity index (χ3n) is 5.98. The molecule has 0 aliphatic heterocycles. The molecule has 0 fully saturated rings. The zero-order chi connectivity index (χ0) is 26.7. The van der Waals surface area contributed by atoms with Gasteiger partial charge < -0.3 is 15.0 Å². The minimum Gasteiger partial charge on any atom is -0.495 e. The van der Waals surface area contributed by atoms with E-state index in [1.807, 2.05) is 57.2 Å². The second-order valence-electron chi connectivity index (χ2n) is 8.84. The Balaban J connectivity index is 2.40. The molecule has 9 heteroatoms. The van der Waals surface area contributed by atoms with Gasteiger partial charge in [-0.2, -0.15) is 0 Å². The van der Waals surface area contributed by atoms with Crippen molar-refractivity contribution in [3.63, 3.8) is 0 Å². The van der Waals surface area contributed by atoms with E-state index in [0.717, 1.165) is 34.5 Å². The van der Waals surface area contributed by atoms with Crippen molar-refractivity contribution in [2.45, 2.75) is 52.5 Å². The van der Waals surface area contributed by atoms with Crippen molar-refractivity contribution >= 4 is 27.5 Å². The molecule has 198 valence electrons. The van der Waals surface area contributed by atoms with Gasteiger partial charge in [-0.25, -0.2) is 8.42 Å². The fourth-order valence-electron chi connectivity index (χ4n) is 3.99. The van der Waals surface area contributed by atoms with Gasteiger partial charge >= 0.3 is 0 Å². The summed E-state index contributed by atoms with van der Waals surface area (Å²) in [5.74, 6) is -0.331. The fraction of sp³-hybridized carbons (Fsp3) is 0.481. The lowest BCUT2D eigenvalue weighted by Gasteiger charge is -2.33. The number of sulfonamides is 1. The molecule has 0 saturated heterocycles. The van der Waals surface area contributed by atoms with Crippen molar-refractivity contribution in [2.24, 2.45) is 0 Å². The van der Waals surface area contributed by atoms with Gasteiger partial charge in [0.2, 0.25) is 21.8 Å². The maximum absolute atomic E-state index is 13.7. The van der Waals surface area contributed by atoms with Crippen LogP contribution in [0.5, 0.6) is 5.75 Å². The SMILES string of the molecule is CCCCNC(=O)C(CC)N(CCc1ccccc1)C(=O)CN(c1cc(C)ccc1OC)S(C)(=O)=O. The summed E-state index contributed by atoms with van der Waals surface area (Å²) in [5.41, 5.74) is 2.14. The molecule has 0 radical (unpaired) electrons. The lowest BCUT2D eigenvalue weighted by atomic mass is 10.1. The number of hydrogen-bond donors (Lipinski definition) is 1. The highest BCUT2D eigenvalue weighted by atomic mass is 32.2. The van der Waals surface area contributed by atoms with E-state index in [4.69, 9.17) is 4.74 Å². The van der Waals surface area contributed by atoms with E-state index in [9.17, 15) is 18.0 Å². The van der Waals surface area contributed by atoms with Crippen molar-refractivity contribution in [1.82, 2.24) is 10.2 Å². The Labute approximate surface area is 215 Å². The molecule has 0 saturated carbocycles. The highest BCUT2D eigenvalue weighted by Crippen LogP contribution is 2.31. The quantitative estimate of drug-likeness (QED) is 0.387. The molecule has 0 aliphatic carbocycles. The predicted molar refractivity (Wildman–Crippen MR) is 144 cm³/mol. The summed E-state index contributed by atoms with van der Waals surface area (Å²) in [5, 5.41) is 2.92. The van der Waals surface area contributed by atoms with E-state index in [1.54, 1.807) is 12.1 Å². The van der Waals surface area contributed by atoms with Gasteiger partial charge in [-0.1, -0.05) is 56.7 Å². The van der Waals surface area contributed by atoms with Crippen LogP contribution in [-0.4, -0.2) is 64.2 Å².